The van der Waals surface area contributed by atoms with E-state index in [1.54, 1.807) is 28.1 Å². The summed E-state index contributed by atoms with van der Waals surface area (Å²) < 4.78 is 4.51. The predicted octanol–water partition coefficient (Wildman–Crippen LogP) is 0.252. The van der Waals surface area contributed by atoms with Crippen molar-refractivity contribution in [1.29, 1.82) is 0 Å². The highest BCUT2D eigenvalue weighted by molar-refractivity contribution is 5.92. The van der Waals surface area contributed by atoms with Crippen molar-refractivity contribution >= 4 is 17.8 Å². The lowest BCUT2D eigenvalue weighted by atomic mass is 10.2. The van der Waals surface area contributed by atoms with Crippen molar-refractivity contribution in [2.45, 2.75) is 12.8 Å². The Labute approximate surface area is 122 Å². The van der Waals surface area contributed by atoms with Crippen LogP contribution in [0, 0.1) is 0 Å². The Hall–Kier alpha value is -2.31. The van der Waals surface area contributed by atoms with Crippen molar-refractivity contribution in [3.63, 3.8) is 0 Å². The van der Waals surface area contributed by atoms with Gasteiger partial charge < -0.3 is 19.5 Å². The van der Waals surface area contributed by atoms with Gasteiger partial charge in [0.15, 0.2) is 0 Å². The Kier molecular flexibility index (Phi) is 4.97. The molecule has 0 bridgehead atoms. The van der Waals surface area contributed by atoms with Crippen LogP contribution in [0.1, 0.15) is 23.3 Å². The molecule has 0 spiro atoms. The number of hydrogen-bond acceptors (Lipinski definition) is 4. The number of ether oxygens (including phenoxy) is 1. The van der Waals surface area contributed by atoms with E-state index >= 15 is 0 Å². The number of aromatic nitrogens is 1. The number of esters is 1. The zero-order valence-corrected chi connectivity index (χ0v) is 12.0. The van der Waals surface area contributed by atoms with Crippen molar-refractivity contribution in [3.05, 3.63) is 24.0 Å². The summed E-state index contributed by atoms with van der Waals surface area (Å²) in [5.74, 6) is -0.516. The third-order valence-electron chi connectivity index (χ3n) is 3.52. The van der Waals surface area contributed by atoms with Gasteiger partial charge in [0.1, 0.15) is 5.69 Å². The highest BCUT2D eigenvalue weighted by atomic mass is 16.5. The Balaban J connectivity index is 1.79. The predicted molar refractivity (Wildman–Crippen MR) is 74.5 cm³/mol. The van der Waals surface area contributed by atoms with Gasteiger partial charge in [0.2, 0.25) is 5.91 Å². The Morgan fingerprint density at radius 2 is 1.81 bits per heavy atom. The van der Waals surface area contributed by atoms with E-state index in [4.69, 9.17) is 0 Å². The summed E-state index contributed by atoms with van der Waals surface area (Å²) in [6.07, 6.45) is 1.95. The number of hydrogen-bond donors (Lipinski definition) is 1. The zero-order chi connectivity index (χ0) is 15.2. The Morgan fingerprint density at radius 1 is 1.14 bits per heavy atom. The molecule has 1 aromatic rings. The largest absolute Gasteiger partial charge is 0.469 e. The minimum Gasteiger partial charge on any atom is -0.469 e. The molecule has 0 unspecified atom stereocenters. The van der Waals surface area contributed by atoms with Gasteiger partial charge in [0, 0.05) is 38.8 Å². The number of piperazine rings is 1. The van der Waals surface area contributed by atoms with Crippen LogP contribution in [-0.4, -0.2) is 65.9 Å². The molecule has 1 fully saturated rings. The lowest BCUT2D eigenvalue weighted by Gasteiger charge is -2.34. The van der Waals surface area contributed by atoms with Crippen LogP contribution in [0.25, 0.3) is 0 Å². The van der Waals surface area contributed by atoms with E-state index in [-0.39, 0.29) is 30.6 Å². The molecule has 0 aromatic carbocycles. The second-order valence-electron chi connectivity index (χ2n) is 4.83. The van der Waals surface area contributed by atoms with Crippen LogP contribution >= 0.6 is 0 Å². The van der Waals surface area contributed by atoms with E-state index < -0.39 is 0 Å². The number of nitrogens with zero attached hydrogens (tertiary/aromatic N) is 2. The minimum atomic E-state index is -0.385. The van der Waals surface area contributed by atoms with Gasteiger partial charge in [-0.1, -0.05) is 0 Å². The third kappa shape index (κ3) is 3.84. The first kappa shape index (κ1) is 15.1. The number of nitrogens with one attached hydrogen (secondary N) is 1. The van der Waals surface area contributed by atoms with Crippen LogP contribution in [0.4, 0.5) is 0 Å². The number of carbonyl (C=O) groups is 3. The fraction of sp³-hybridized carbons (Fsp3) is 0.500. The molecular weight excluding hydrogens is 274 g/mol. The fourth-order valence-electron chi connectivity index (χ4n) is 2.26. The maximum atomic E-state index is 12.1. The maximum Gasteiger partial charge on any atom is 0.306 e. The van der Waals surface area contributed by atoms with Gasteiger partial charge in [-0.05, 0) is 12.1 Å². The molecule has 0 saturated carbocycles. The topological polar surface area (TPSA) is 82.7 Å². The molecule has 114 valence electrons. The molecular formula is C14H19N3O4. The molecule has 1 N–H and O–H groups in total. The molecule has 2 amide bonds. The third-order valence-corrected chi connectivity index (χ3v) is 3.52. The molecule has 7 nitrogen and oxygen atoms in total. The molecule has 2 rings (SSSR count). The number of H-pyrrole nitrogens is 1. The van der Waals surface area contributed by atoms with Gasteiger partial charge in [-0.3, -0.25) is 14.4 Å². The van der Waals surface area contributed by atoms with E-state index in [1.165, 1.54) is 7.11 Å². The Morgan fingerprint density at radius 3 is 2.38 bits per heavy atom. The maximum absolute atomic E-state index is 12.1. The van der Waals surface area contributed by atoms with E-state index in [2.05, 4.69) is 9.72 Å². The Bertz CT molecular complexity index is 504. The second kappa shape index (κ2) is 6.92. The number of rotatable bonds is 4. The number of methoxy groups -OCH3 is 1. The smallest absolute Gasteiger partial charge is 0.306 e. The van der Waals surface area contributed by atoms with Crippen LogP contribution in [0.2, 0.25) is 0 Å². The molecule has 7 heteroatoms. The summed E-state index contributed by atoms with van der Waals surface area (Å²) in [5.41, 5.74) is 0.556. The molecule has 0 radical (unpaired) electrons. The second-order valence-corrected chi connectivity index (χ2v) is 4.83. The normalized spacial score (nSPS) is 14.9. The average Bonchev–Trinajstić information content (AvgIpc) is 3.06. The quantitative estimate of drug-likeness (QED) is 0.807. The first-order chi connectivity index (χ1) is 10.1. The van der Waals surface area contributed by atoms with E-state index in [0.717, 1.165) is 0 Å². The highest BCUT2D eigenvalue weighted by Gasteiger charge is 2.25. The zero-order valence-electron chi connectivity index (χ0n) is 12.0. The first-order valence-corrected chi connectivity index (χ1v) is 6.89. The van der Waals surface area contributed by atoms with Crippen molar-refractivity contribution in [3.8, 4) is 0 Å². The van der Waals surface area contributed by atoms with Gasteiger partial charge in [0.05, 0.1) is 13.5 Å². The average molecular weight is 293 g/mol. The summed E-state index contributed by atoms with van der Waals surface area (Å²) >= 11 is 0. The van der Waals surface area contributed by atoms with Crippen molar-refractivity contribution in [2.75, 3.05) is 33.3 Å². The van der Waals surface area contributed by atoms with Crippen LogP contribution < -0.4 is 0 Å². The van der Waals surface area contributed by atoms with Crippen LogP contribution in [0.15, 0.2) is 18.3 Å². The number of amides is 2. The summed E-state index contributed by atoms with van der Waals surface area (Å²) in [5, 5.41) is 0. The molecule has 1 saturated heterocycles. The van der Waals surface area contributed by atoms with E-state index in [1.807, 2.05) is 0 Å². The number of carbonyl (C=O) groups excluding carboxylic acids is 3. The van der Waals surface area contributed by atoms with Gasteiger partial charge in [-0.15, -0.1) is 0 Å². The summed E-state index contributed by atoms with van der Waals surface area (Å²) in [6.45, 7) is 1.99. The fourth-order valence-corrected chi connectivity index (χ4v) is 2.26. The lowest BCUT2D eigenvalue weighted by Crippen LogP contribution is -2.50. The first-order valence-electron chi connectivity index (χ1n) is 6.89. The monoisotopic (exact) mass is 293 g/mol. The molecule has 2 heterocycles. The highest BCUT2D eigenvalue weighted by Crippen LogP contribution is 2.09. The van der Waals surface area contributed by atoms with Gasteiger partial charge in [-0.2, -0.15) is 0 Å². The number of aromatic amines is 1. The summed E-state index contributed by atoms with van der Waals surface area (Å²) in [4.78, 5) is 41.4. The van der Waals surface area contributed by atoms with Crippen molar-refractivity contribution < 1.29 is 19.1 Å². The van der Waals surface area contributed by atoms with Crippen molar-refractivity contribution in [2.24, 2.45) is 0 Å². The minimum absolute atomic E-state index is 0.0540. The lowest BCUT2D eigenvalue weighted by molar-refractivity contribution is -0.143. The van der Waals surface area contributed by atoms with Crippen molar-refractivity contribution in [1.82, 2.24) is 14.8 Å². The van der Waals surface area contributed by atoms with Gasteiger partial charge >= 0.3 is 5.97 Å². The molecule has 0 atom stereocenters. The standard InChI is InChI=1S/C14H19N3O4/c1-21-13(19)5-4-12(18)16-7-9-17(10-8-16)14(20)11-3-2-6-15-11/h2-3,6,15H,4-5,7-10H2,1H3. The summed E-state index contributed by atoms with van der Waals surface area (Å²) in [7, 11) is 1.30. The molecule has 21 heavy (non-hydrogen) atoms. The SMILES string of the molecule is COC(=O)CCC(=O)N1CCN(C(=O)c2ccc[nH]2)CC1. The van der Waals surface area contributed by atoms with Crippen LogP contribution in [0.5, 0.6) is 0 Å². The molecule has 1 aromatic heterocycles. The summed E-state index contributed by atoms with van der Waals surface area (Å²) in [6, 6.07) is 3.51. The van der Waals surface area contributed by atoms with Gasteiger partial charge in [-0.25, -0.2) is 0 Å². The van der Waals surface area contributed by atoms with Gasteiger partial charge in [0.25, 0.3) is 5.91 Å². The van der Waals surface area contributed by atoms with Crippen LogP contribution in [-0.2, 0) is 14.3 Å². The van der Waals surface area contributed by atoms with E-state index in [0.29, 0.717) is 31.9 Å². The van der Waals surface area contributed by atoms with Crippen LogP contribution in [0.3, 0.4) is 0 Å². The molecule has 0 aliphatic carbocycles. The molecule has 1 aliphatic rings. The molecule has 1 aliphatic heterocycles. The van der Waals surface area contributed by atoms with E-state index in [9.17, 15) is 14.4 Å².